The molecule has 0 aromatic rings. The maximum absolute atomic E-state index is 10.00. The lowest BCUT2D eigenvalue weighted by Gasteiger charge is -1.91. The van der Waals surface area contributed by atoms with Gasteiger partial charge in [0.05, 0.1) is 9.83 Å². The van der Waals surface area contributed by atoms with Crippen molar-refractivity contribution < 1.29 is 4.92 Å². The van der Waals surface area contributed by atoms with Crippen LogP contribution in [0.25, 0.3) is 0 Å². The second kappa shape index (κ2) is 3.29. The fraction of sp³-hybridized carbons (Fsp3) is 0.200. The number of rotatable bonds is 2. The van der Waals surface area contributed by atoms with Crippen molar-refractivity contribution in [3.05, 3.63) is 33.4 Å². The zero-order chi connectivity index (χ0) is 7.44. The van der Waals surface area contributed by atoms with Gasteiger partial charge in [0.1, 0.15) is 0 Å². The van der Waals surface area contributed by atoms with Crippen molar-refractivity contribution in [2.45, 2.75) is 6.92 Å². The lowest BCUT2D eigenvalue weighted by atomic mass is 10.4. The monoisotopic (exact) mass is 145 g/mol. The first-order valence-electron chi connectivity index (χ1n) is 2.28. The summed E-state index contributed by atoms with van der Waals surface area (Å²) in [6, 6.07) is 0. The molecule has 4 heteroatoms. The van der Waals surface area contributed by atoms with Crippen molar-refractivity contribution in [2.75, 3.05) is 0 Å². The van der Waals surface area contributed by atoms with Crippen molar-refractivity contribution in [2.24, 2.45) is 0 Å². The first kappa shape index (κ1) is 8.23. The van der Waals surface area contributed by atoms with Gasteiger partial charge in [-0.05, 0) is 13.0 Å². The Bertz CT molecular complexity index is 158. The average Bonchev–Trinajstić information content (AvgIpc) is 1.64. The molecule has 9 heavy (non-hydrogen) atoms. The van der Waals surface area contributed by atoms with Crippen LogP contribution in [0, 0.1) is 10.1 Å². The van der Waals surface area contributed by atoms with E-state index in [0.29, 0.717) is 0 Å². The van der Waals surface area contributed by atoms with E-state index in [0.717, 1.165) is 0 Å². The zero-order valence-electron chi connectivity index (χ0n) is 5.00. The minimum Gasteiger partial charge on any atom is -0.258 e. The molecule has 0 bridgehead atoms. The topological polar surface area (TPSA) is 43.1 Å². The summed E-state index contributed by atoms with van der Waals surface area (Å²) in [5.41, 5.74) is -0.0432. The summed E-state index contributed by atoms with van der Waals surface area (Å²) in [5, 5.41) is 10.00. The smallest absolute Gasteiger partial charge is 0.258 e. The van der Waals surface area contributed by atoms with Gasteiger partial charge in [-0.25, -0.2) is 0 Å². The largest absolute Gasteiger partial charge is 0.277 e. The summed E-state index contributed by atoms with van der Waals surface area (Å²) in [7, 11) is 0. The van der Waals surface area contributed by atoms with Gasteiger partial charge in [0.15, 0.2) is 0 Å². The van der Waals surface area contributed by atoms with Crippen molar-refractivity contribution in [1.82, 2.24) is 0 Å². The van der Waals surface area contributed by atoms with Gasteiger partial charge >= 0.3 is 0 Å². The molecule has 0 aliphatic heterocycles. The van der Waals surface area contributed by atoms with E-state index in [4.69, 9.17) is 0 Å². The number of hydrogen-bond donors (Lipinski definition) is 1. The normalized spacial score (nSPS) is 11.1. The van der Waals surface area contributed by atoms with Crippen LogP contribution in [-0.2, 0) is 0 Å². The van der Waals surface area contributed by atoms with Crippen LogP contribution in [0.5, 0.6) is 0 Å². The predicted octanol–water partition coefficient (Wildman–Crippen LogP) is 1.61. The summed E-state index contributed by atoms with van der Waals surface area (Å²) in [6.45, 7) is 4.87. The van der Waals surface area contributed by atoms with Gasteiger partial charge in [-0.2, -0.15) is 0 Å². The average molecular weight is 145 g/mol. The van der Waals surface area contributed by atoms with Crippen LogP contribution in [0.1, 0.15) is 6.92 Å². The molecule has 0 saturated heterocycles. The Hall–Kier alpha value is -0.770. The first-order valence-corrected chi connectivity index (χ1v) is 2.73. The Kier molecular flexibility index (Phi) is 3.01. The summed E-state index contributed by atoms with van der Waals surface area (Å²) >= 11 is 3.71. The minimum absolute atomic E-state index is 0.0432. The Morgan fingerprint density at radius 2 is 2.33 bits per heavy atom. The fourth-order valence-corrected chi connectivity index (χ4v) is 0.588. The Labute approximate surface area is 58.6 Å². The molecule has 0 unspecified atom stereocenters. The van der Waals surface area contributed by atoms with Crippen molar-refractivity contribution in [1.29, 1.82) is 0 Å². The van der Waals surface area contributed by atoms with Gasteiger partial charge in [0.2, 0.25) is 0 Å². The first-order chi connectivity index (χ1) is 4.09. The number of nitro groups is 1. The lowest BCUT2D eigenvalue weighted by Crippen LogP contribution is -1.96. The maximum atomic E-state index is 10.00. The van der Waals surface area contributed by atoms with E-state index < -0.39 is 4.92 Å². The highest BCUT2D eigenvalue weighted by atomic mass is 32.1. The Morgan fingerprint density at radius 3 is 2.33 bits per heavy atom. The number of hydrogen-bond acceptors (Lipinski definition) is 3. The van der Waals surface area contributed by atoms with Crippen LogP contribution in [0.2, 0.25) is 0 Å². The molecule has 0 N–H and O–H groups in total. The molecule has 0 amide bonds. The van der Waals surface area contributed by atoms with Crippen LogP contribution < -0.4 is 0 Å². The molecule has 0 aliphatic carbocycles. The molecule has 0 spiro atoms. The third-order valence-corrected chi connectivity index (χ3v) is 0.995. The highest BCUT2D eigenvalue weighted by Crippen LogP contribution is 2.10. The maximum Gasteiger partial charge on any atom is 0.277 e. The van der Waals surface area contributed by atoms with E-state index in [-0.39, 0.29) is 10.6 Å². The molecule has 0 aliphatic rings. The molecule has 0 aromatic heterocycles. The van der Waals surface area contributed by atoms with Crippen molar-refractivity contribution in [3.63, 3.8) is 0 Å². The van der Waals surface area contributed by atoms with E-state index in [1.807, 2.05) is 0 Å². The molecular weight excluding hydrogens is 138 g/mol. The van der Waals surface area contributed by atoms with Gasteiger partial charge in [-0.3, -0.25) is 10.1 Å². The molecule has 0 heterocycles. The third-order valence-electron chi connectivity index (χ3n) is 0.766. The molecule has 0 fully saturated rings. The van der Waals surface area contributed by atoms with Gasteiger partial charge in [0.25, 0.3) is 5.70 Å². The van der Waals surface area contributed by atoms with Crippen molar-refractivity contribution >= 4 is 12.6 Å². The molecule has 0 rings (SSSR count). The van der Waals surface area contributed by atoms with Gasteiger partial charge < -0.3 is 0 Å². The summed E-state index contributed by atoms with van der Waals surface area (Å²) in [6.07, 6.45) is 1.36. The molecule has 50 valence electrons. The molecule has 0 radical (unpaired) electrons. The predicted molar refractivity (Wildman–Crippen MR) is 38.9 cm³/mol. The van der Waals surface area contributed by atoms with Gasteiger partial charge in [0, 0.05) is 0 Å². The summed E-state index contributed by atoms with van der Waals surface area (Å²) in [5.74, 6) is 0. The van der Waals surface area contributed by atoms with E-state index in [1.54, 1.807) is 6.92 Å². The second-order valence-corrected chi connectivity index (χ2v) is 1.92. The molecule has 3 nitrogen and oxygen atoms in total. The highest BCUT2D eigenvalue weighted by Gasteiger charge is 2.08. The van der Waals surface area contributed by atoms with Crippen LogP contribution in [-0.4, -0.2) is 4.92 Å². The Morgan fingerprint density at radius 1 is 1.89 bits per heavy atom. The minimum atomic E-state index is -0.519. The van der Waals surface area contributed by atoms with Crippen LogP contribution in [0.3, 0.4) is 0 Å². The van der Waals surface area contributed by atoms with E-state index in [9.17, 15) is 10.1 Å². The number of thiol groups is 1. The van der Waals surface area contributed by atoms with Gasteiger partial charge in [-0.15, -0.1) is 12.6 Å². The quantitative estimate of drug-likeness (QED) is 0.277. The summed E-state index contributed by atoms with van der Waals surface area (Å²) < 4.78 is 0. The zero-order valence-corrected chi connectivity index (χ0v) is 5.89. The van der Waals surface area contributed by atoms with Crippen LogP contribution in [0.15, 0.2) is 23.3 Å². The molecular formula is C5H7NO2S. The van der Waals surface area contributed by atoms with E-state index in [2.05, 4.69) is 19.2 Å². The number of nitrogens with zero attached hydrogens (tertiary/aromatic N) is 1. The van der Waals surface area contributed by atoms with Crippen LogP contribution in [0.4, 0.5) is 0 Å². The van der Waals surface area contributed by atoms with Crippen molar-refractivity contribution in [3.8, 4) is 0 Å². The SMILES string of the molecule is C=C(S)/C(=C\C)[N+](=O)[O-]. The molecule has 0 atom stereocenters. The molecule has 0 aromatic carbocycles. The molecule has 0 saturated carbocycles. The lowest BCUT2D eigenvalue weighted by molar-refractivity contribution is -0.419. The van der Waals surface area contributed by atoms with E-state index in [1.165, 1.54) is 6.08 Å². The standard InChI is InChI=1S/C5H7NO2S/c1-3-5(4(2)9)6(7)8/h3,9H,2H2,1H3/b5-3+. The second-order valence-electron chi connectivity index (χ2n) is 1.38. The van der Waals surface area contributed by atoms with Crippen LogP contribution >= 0.6 is 12.6 Å². The Balaban J connectivity index is 4.38. The third kappa shape index (κ3) is 2.32. The highest BCUT2D eigenvalue weighted by molar-refractivity contribution is 7.84. The summed E-state index contributed by atoms with van der Waals surface area (Å²) in [4.78, 5) is 9.66. The fourth-order valence-electron chi connectivity index (χ4n) is 0.377. The van der Waals surface area contributed by atoms with Gasteiger partial charge in [-0.1, -0.05) is 6.58 Å². The van der Waals surface area contributed by atoms with E-state index >= 15 is 0 Å². The number of allylic oxidation sites excluding steroid dienone is 1.